The second-order valence-electron chi connectivity index (χ2n) is 7.89. The Morgan fingerprint density at radius 2 is 1.85 bits per heavy atom. The van der Waals surface area contributed by atoms with Gasteiger partial charge in [0, 0.05) is 23.7 Å². The first-order valence-corrected chi connectivity index (χ1v) is 12.0. The van der Waals surface area contributed by atoms with E-state index >= 15 is 0 Å². The van der Waals surface area contributed by atoms with E-state index in [9.17, 15) is 30.8 Å². The zero-order chi connectivity index (χ0) is 24.7. The van der Waals surface area contributed by atoms with Crippen LogP contribution in [0.3, 0.4) is 0 Å². The van der Waals surface area contributed by atoms with E-state index in [0.29, 0.717) is 17.8 Å². The van der Waals surface area contributed by atoms with Gasteiger partial charge in [-0.25, -0.2) is 17.8 Å². The molecular formula is C23H18F4N2O4S. The first-order valence-electron chi connectivity index (χ1n) is 10.1. The largest absolute Gasteiger partial charge is 0.438 e. The SMILES string of the molecule is CS(=O)(=O)c1cccc(NC(=O)c2cc(C(F)(F)F)cnc2Oc2ccc(F)cc2C2CC2)c1. The fourth-order valence-electron chi connectivity index (χ4n) is 3.28. The fourth-order valence-corrected chi connectivity index (χ4v) is 3.95. The Hall–Kier alpha value is -3.47. The molecule has 1 aliphatic carbocycles. The van der Waals surface area contributed by atoms with Crippen molar-refractivity contribution in [3.8, 4) is 11.6 Å². The van der Waals surface area contributed by atoms with Gasteiger partial charge in [-0.1, -0.05) is 6.07 Å². The third kappa shape index (κ3) is 5.36. The van der Waals surface area contributed by atoms with E-state index in [4.69, 9.17) is 4.74 Å². The number of aromatic nitrogens is 1. The molecule has 1 heterocycles. The highest BCUT2D eigenvalue weighted by Gasteiger charge is 2.34. The molecule has 0 atom stereocenters. The predicted octanol–water partition coefficient (Wildman–Crippen LogP) is 5.57. The lowest BCUT2D eigenvalue weighted by molar-refractivity contribution is -0.137. The van der Waals surface area contributed by atoms with Crippen molar-refractivity contribution in [3.05, 3.63) is 77.2 Å². The Bertz CT molecular complexity index is 1370. The van der Waals surface area contributed by atoms with Crippen LogP contribution in [-0.2, 0) is 16.0 Å². The highest BCUT2D eigenvalue weighted by Crippen LogP contribution is 2.45. The molecule has 2 aromatic carbocycles. The lowest BCUT2D eigenvalue weighted by atomic mass is 10.1. The van der Waals surface area contributed by atoms with Gasteiger partial charge in [0.2, 0.25) is 5.88 Å². The summed E-state index contributed by atoms with van der Waals surface area (Å²) in [4.78, 5) is 16.6. The standard InChI is InChI=1S/C23H18F4N2O4S/c1-34(31,32)17-4-2-3-16(11-17)29-21(30)19-9-14(23(25,26)27)12-28-22(19)33-20-8-7-15(24)10-18(20)13-5-6-13/h2-4,7-13H,5-6H2,1H3,(H,29,30). The third-order valence-electron chi connectivity index (χ3n) is 5.14. The van der Waals surface area contributed by atoms with Crippen LogP contribution in [0.15, 0.2) is 59.6 Å². The van der Waals surface area contributed by atoms with E-state index < -0.39 is 44.7 Å². The van der Waals surface area contributed by atoms with E-state index in [0.717, 1.165) is 25.2 Å². The minimum atomic E-state index is -4.77. The summed E-state index contributed by atoms with van der Waals surface area (Å²) >= 11 is 0. The number of amides is 1. The first kappa shape index (κ1) is 23.7. The van der Waals surface area contributed by atoms with Crippen molar-refractivity contribution in [1.29, 1.82) is 0 Å². The summed E-state index contributed by atoms with van der Waals surface area (Å²) in [5.41, 5.74) is -1.10. The maximum Gasteiger partial charge on any atom is 0.417 e. The number of alkyl halides is 3. The van der Waals surface area contributed by atoms with Crippen LogP contribution in [0.5, 0.6) is 11.6 Å². The lowest BCUT2D eigenvalue weighted by Gasteiger charge is -2.15. The second kappa shape index (κ2) is 8.71. The summed E-state index contributed by atoms with van der Waals surface area (Å²) in [5.74, 6) is -1.65. The van der Waals surface area contributed by atoms with Gasteiger partial charge in [-0.3, -0.25) is 4.79 Å². The minimum absolute atomic E-state index is 0.0520. The number of benzene rings is 2. The number of hydrogen-bond donors (Lipinski definition) is 1. The lowest BCUT2D eigenvalue weighted by Crippen LogP contribution is -2.16. The molecule has 0 radical (unpaired) electrons. The summed E-state index contributed by atoms with van der Waals surface area (Å²) in [6, 6.07) is 9.63. The van der Waals surface area contributed by atoms with Crippen LogP contribution in [-0.4, -0.2) is 25.6 Å². The van der Waals surface area contributed by atoms with Gasteiger partial charge in [0.05, 0.1) is 10.5 Å². The molecular weight excluding hydrogens is 476 g/mol. The number of hydrogen-bond acceptors (Lipinski definition) is 5. The van der Waals surface area contributed by atoms with Crippen molar-refractivity contribution in [2.75, 3.05) is 11.6 Å². The second-order valence-corrected chi connectivity index (χ2v) is 9.90. The number of sulfone groups is 1. The van der Waals surface area contributed by atoms with E-state index in [1.165, 1.54) is 36.4 Å². The zero-order valence-corrected chi connectivity index (χ0v) is 18.5. The van der Waals surface area contributed by atoms with Gasteiger partial charge in [0.25, 0.3) is 5.91 Å². The van der Waals surface area contributed by atoms with Gasteiger partial charge in [0.1, 0.15) is 17.1 Å². The fraction of sp³-hybridized carbons (Fsp3) is 0.217. The van der Waals surface area contributed by atoms with Gasteiger partial charge >= 0.3 is 6.18 Å². The van der Waals surface area contributed by atoms with Crippen LogP contribution in [0, 0.1) is 5.82 Å². The van der Waals surface area contributed by atoms with Gasteiger partial charge < -0.3 is 10.1 Å². The van der Waals surface area contributed by atoms with E-state index in [-0.39, 0.29) is 22.3 Å². The number of halogens is 4. The predicted molar refractivity (Wildman–Crippen MR) is 115 cm³/mol. The molecule has 1 N–H and O–H groups in total. The van der Waals surface area contributed by atoms with Gasteiger partial charge in [0.15, 0.2) is 9.84 Å². The molecule has 34 heavy (non-hydrogen) atoms. The molecule has 4 rings (SSSR count). The van der Waals surface area contributed by atoms with Gasteiger partial charge in [-0.05, 0) is 61.2 Å². The van der Waals surface area contributed by atoms with Crippen LogP contribution >= 0.6 is 0 Å². The summed E-state index contributed by atoms with van der Waals surface area (Å²) in [6.07, 6.45) is -1.63. The molecule has 11 heteroatoms. The molecule has 0 spiro atoms. The highest BCUT2D eigenvalue weighted by molar-refractivity contribution is 7.90. The molecule has 6 nitrogen and oxygen atoms in total. The summed E-state index contributed by atoms with van der Waals surface area (Å²) < 4.78 is 82.9. The molecule has 0 bridgehead atoms. The zero-order valence-electron chi connectivity index (χ0n) is 17.7. The molecule has 0 unspecified atom stereocenters. The Labute approximate surface area is 192 Å². The third-order valence-corrected chi connectivity index (χ3v) is 6.25. The Kier molecular flexibility index (Phi) is 6.07. The van der Waals surface area contributed by atoms with E-state index in [1.807, 2.05) is 0 Å². The molecule has 3 aromatic rings. The number of nitrogens with one attached hydrogen (secondary N) is 1. The minimum Gasteiger partial charge on any atom is -0.438 e. The van der Waals surface area contributed by atoms with Crippen molar-refractivity contribution >= 4 is 21.4 Å². The van der Waals surface area contributed by atoms with Crippen molar-refractivity contribution in [2.45, 2.75) is 29.8 Å². The number of anilines is 1. The van der Waals surface area contributed by atoms with Crippen molar-refractivity contribution in [3.63, 3.8) is 0 Å². The average Bonchev–Trinajstić information content (AvgIpc) is 3.59. The van der Waals surface area contributed by atoms with Crippen LogP contribution in [0.2, 0.25) is 0 Å². The monoisotopic (exact) mass is 494 g/mol. The highest BCUT2D eigenvalue weighted by atomic mass is 32.2. The molecule has 1 amide bonds. The van der Waals surface area contributed by atoms with Crippen molar-refractivity contribution < 1.29 is 35.5 Å². The molecule has 0 saturated heterocycles. The first-order chi connectivity index (χ1) is 15.9. The van der Waals surface area contributed by atoms with Gasteiger partial charge in [-0.15, -0.1) is 0 Å². The number of rotatable bonds is 6. The quantitative estimate of drug-likeness (QED) is 0.453. The average molecular weight is 494 g/mol. The van der Waals surface area contributed by atoms with Crippen LogP contribution in [0.1, 0.15) is 40.2 Å². The molecule has 1 aromatic heterocycles. The molecule has 1 fully saturated rings. The maximum absolute atomic E-state index is 13.7. The van der Waals surface area contributed by atoms with Crippen molar-refractivity contribution in [2.24, 2.45) is 0 Å². The molecule has 1 aliphatic rings. The smallest absolute Gasteiger partial charge is 0.417 e. The van der Waals surface area contributed by atoms with Gasteiger partial charge in [-0.2, -0.15) is 13.2 Å². The molecule has 0 aliphatic heterocycles. The Morgan fingerprint density at radius 1 is 1.12 bits per heavy atom. The number of ether oxygens (including phenoxy) is 1. The number of carbonyl (C=O) groups is 1. The maximum atomic E-state index is 13.7. The number of pyridine rings is 1. The number of nitrogens with zero attached hydrogens (tertiary/aromatic N) is 1. The van der Waals surface area contributed by atoms with Crippen LogP contribution in [0.4, 0.5) is 23.2 Å². The summed E-state index contributed by atoms with van der Waals surface area (Å²) in [5, 5.41) is 2.38. The van der Waals surface area contributed by atoms with E-state index in [2.05, 4.69) is 10.3 Å². The van der Waals surface area contributed by atoms with Crippen LogP contribution in [0.25, 0.3) is 0 Å². The Balaban J connectivity index is 1.71. The molecule has 178 valence electrons. The normalized spacial score (nSPS) is 14.0. The summed E-state index contributed by atoms with van der Waals surface area (Å²) in [7, 11) is -3.58. The van der Waals surface area contributed by atoms with E-state index in [1.54, 1.807) is 0 Å². The number of carbonyl (C=O) groups excluding carboxylic acids is 1. The topological polar surface area (TPSA) is 85.4 Å². The van der Waals surface area contributed by atoms with Crippen LogP contribution < -0.4 is 10.1 Å². The Morgan fingerprint density at radius 3 is 2.50 bits per heavy atom. The van der Waals surface area contributed by atoms with Crippen molar-refractivity contribution in [1.82, 2.24) is 4.98 Å². The molecule has 1 saturated carbocycles. The summed E-state index contributed by atoms with van der Waals surface area (Å²) in [6.45, 7) is 0.